The lowest BCUT2D eigenvalue weighted by Crippen LogP contribution is -2.26. The van der Waals surface area contributed by atoms with Crippen LogP contribution in [-0.2, 0) is 0 Å². The van der Waals surface area contributed by atoms with Crippen LogP contribution in [0.1, 0.15) is 69.7 Å². The van der Waals surface area contributed by atoms with E-state index in [0.717, 1.165) is 0 Å². The molecular formula is C19H32O2P+. The summed E-state index contributed by atoms with van der Waals surface area (Å²) in [5.41, 5.74) is 0.555. The summed E-state index contributed by atoms with van der Waals surface area (Å²) >= 11 is 0. The average Bonchev–Trinajstić information content (AvgIpc) is 2.54. The van der Waals surface area contributed by atoms with Crippen molar-refractivity contribution in [3.05, 3.63) is 29.8 Å². The minimum Gasteiger partial charge on any atom is -0.478 e. The van der Waals surface area contributed by atoms with Crippen LogP contribution in [0.2, 0.25) is 0 Å². The number of benzene rings is 1. The summed E-state index contributed by atoms with van der Waals surface area (Å²) in [5, 5.41) is 10.8. The summed E-state index contributed by atoms with van der Waals surface area (Å²) in [7, 11) is -1.37. The SMILES string of the molecule is CCCC[P+](CCCC)(CCCC)c1ccccc1C(=O)O. The summed E-state index contributed by atoms with van der Waals surface area (Å²) in [4.78, 5) is 11.7. The van der Waals surface area contributed by atoms with Crippen molar-refractivity contribution in [2.45, 2.75) is 59.3 Å². The normalized spacial score (nSPS) is 11.6. The van der Waals surface area contributed by atoms with Crippen LogP contribution in [-0.4, -0.2) is 29.6 Å². The molecule has 124 valence electrons. The summed E-state index contributed by atoms with van der Waals surface area (Å²) in [6, 6.07) is 7.80. The van der Waals surface area contributed by atoms with Crippen molar-refractivity contribution in [1.29, 1.82) is 0 Å². The van der Waals surface area contributed by atoms with Gasteiger partial charge in [-0.1, -0.05) is 52.2 Å². The number of hydrogen-bond donors (Lipinski definition) is 1. The molecule has 0 aromatic heterocycles. The Morgan fingerprint density at radius 1 is 0.909 bits per heavy atom. The molecule has 0 aliphatic carbocycles. The van der Waals surface area contributed by atoms with Crippen molar-refractivity contribution >= 4 is 18.5 Å². The van der Waals surface area contributed by atoms with E-state index in [1.807, 2.05) is 12.1 Å². The average molecular weight is 323 g/mol. The van der Waals surface area contributed by atoms with Gasteiger partial charge in [0.25, 0.3) is 0 Å². The molecule has 0 radical (unpaired) electrons. The first kappa shape index (κ1) is 19.2. The van der Waals surface area contributed by atoms with Gasteiger partial charge >= 0.3 is 5.97 Å². The highest BCUT2D eigenvalue weighted by atomic mass is 31.2. The Morgan fingerprint density at radius 3 is 1.77 bits per heavy atom. The molecule has 0 atom stereocenters. The van der Waals surface area contributed by atoms with Gasteiger partial charge in [0.2, 0.25) is 0 Å². The van der Waals surface area contributed by atoms with E-state index in [4.69, 9.17) is 0 Å². The third-order valence-electron chi connectivity index (χ3n) is 4.46. The van der Waals surface area contributed by atoms with E-state index in [1.165, 1.54) is 62.3 Å². The van der Waals surface area contributed by atoms with Gasteiger partial charge in [-0.05, 0) is 31.4 Å². The van der Waals surface area contributed by atoms with Gasteiger partial charge in [0.05, 0.1) is 18.5 Å². The number of carbonyl (C=O) groups is 1. The second-order valence-electron chi connectivity index (χ2n) is 6.20. The monoisotopic (exact) mass is 323 g/mol. The van der Waals surface area contributed by atoms with Gasteiger partial charge in [-0.25, -0.2) is 4.79 Å². The quantitative estimate of drug-likeness (QED) is 0.551. The summed E-state index contributed by atoms with van der Waals surface area (Å²) in [6.45, 7) is 6.70. The minimum absolute atomic E-state index is 0.555. The fourth-order valence-corrected chi connectivity index (χ4v) is 8.39. The van der Waals surface area contributed by atoms with E-state index in [1.54, 1.807) is 6.07 Å². The molecule has 1 aromatic rings. The van der Waals surface area contributed by atoms with Gasteiger partial charge in [-0.15, -0.1) is 0 Å². The fraction of sp³-hybridized carbons (Fsp3) is 0.632. The molecule has 1 rings (SSSR count). The van der Waals surface area contributed by atoms with Gasteiger partial charge in [0.15, 0.2) is 0 Å². The van der Waals surface area contributed by atoms with Crippen LogP contribution in [0.5, 0.6) is 0 Å². The number of hydrogen-bond acceptors (Lipinski definition) is 1. The van der Waals surface area contributed by atoms with Crippen LogP contribution in [0, 0.1) is 0 Å². The van der Waals surface area contributed by atoms with Gasteiger partial charge in [-0.2, -0.15) is 0 Å². The van der Waals surface area contributed by atoms with Crippen LogP contribution < -0.4 is 5.30 Å². The third-order valence-corrected chi connectivity index (χ3v) is 9.39. The molecule has 3 heteroatoms. The van der Waals surface area contributed by atoms with E-state index < -0.39 is 13.2 Å². The zero-order chi connectivity index (χ0) is 16.4. The molecule has 0 fully saturated rings. The fourth-order valence-electron chi connectivity index (χ4n) is 3.15. The van der Waals surface area contributed by atoms with Crippen molar-refractivity contribution in [1.82, 2.24) is 0 Å². The Balaban J connectivity index is 3.28. The Morgan fingerprint density at radius 2 is 1.36 bits per heavy atom. The molecule has 0 spiro atoms. The van der Waals surface area contributed by atoms with Gasteiger partial charge in [0.1, 0.15) is 10.9 Å². The summed E-state index contributed by atoms with van der Waals surface area (Å²) < 4.78 is 0. The zero-order valence-electron chi connectivity index (χ0n) is 14.5. The van der Waals surface area contributed by atoms with Crippen molar-refractivity contribution < 1.29 is 9.90 Å². The lowest BCUT2D eigenvalue weighted by Gasteiger charge is -2.29. The maximum absolute atomic E-state index is 11.7. The van der Waals surface area contributed by atoms with Gasteiger partial charge in [0, 0.05) is 7.26 Å². The molecule has 0 unspecified atom stereocenters. The number of carboxylic acids is 1. The predicted molar refractivity (Wildman–Crippen MR) is 99.3 cm³/mol. The second kappa shape index (κ2) is 10.0. The topological polar surface area (TPSA) is 37.3 Å². The minimum atomic E-state index is -1.37. The Hall–Kier alpha value is -0.880. The molecule has 0 bridgehead atoms. The first-order chi connectivity index (χ1) is 10.6. The van der Waals surface area contributed by atoms with Crippen molar-refractivity contribution in [3.63, 3.8) is 0 Å². The smallest absolute Gasteiger partial charge is 0.339 e. The largest absolute Gasteiger partial charge is 0.478 e. The third kappa shape index (κ3) is 5.09. The molecule has 0 aliphatic rings. The summed E-state index contributed by atoms with van der Waals surface area (Å²) in [6.07, 6.45) is 10.9. The first-order valence-electron chi connectivity index (χ1n) is 8.80. The standard InChI is InChI=1S/C19H31O2P/c1-4-7-14-22(15-8-5-2,16-9-6-3)18-13-11-10-12-17(18)19(20)21/h10-13H,4-9,14-16H2,1-3H3/p+1. The summed E-state index contributed by atoms with van der Waals surface area (Å²) in [5.74, 6) is -0.760. The van der Waals surface area contributed by atoms with Crippen molar-refractivity contribution in [2.75, 3.05) is 18.5 Å². The van der Waals surface area contributed by atoms with E-state index in [0.29, 0.717) is 5.56 Å². The van der Waals surface area contributed by atoms with E-state index in [2.05, 4.69) is 26.8 Å². The highest BCUT2D eigenvalue weighted by Gasteiger charge is 2.40. The second-order valence-corrected chi connectivity index (χ2v) is 10.3. The highest BCUT2D eigenvalue weighted by Crippen LogP contribution is 2.60. The molecular weight excluding hydrogens is 291 g/mol. The maximum atomic E-state index is 11.7. The Kier molecular flexibility index (Phi) is 8.71. The molecule has 0 amide bonds. The maximum Gasteiger partial charge on any atom is 0.339 e. The molecule has 0 heterocycles. The Labute approximate surface area is 136 Å². The van der Waals surface area contributed by atoms with Crippen LogP contribution >= 0.6 is 7.26 Å². The molecule has 2 nitrogen and oxygen atoms in total. The Bertz CT molecular complexity index is 435. The van der Waals surface area contributed by atoms with E-state index in [-0.39, 0.29) is 0 Å². The molecule has 1 aromatic carbocycles. The molecule has 22 heavy (non-hydrogen) atoms. The van der Waals surface area contributed by atoms with E-state index in [9.17, 15) is 9.90 Å². The number of carboxylic acid groups (broad SMARTS) is 1. The molecule has 0 aliphatic heterocycles. The van der Waals surface area contributed by atoms with Gasteiger partial charge in [-0.3, -0.25) is 0 Å². The number of aromatic carboxylic acids is 1. The number of rotatable bonds is 11. The van der Waals surface area contributed by atoms with Crippen LogP contribution in [0.15, 0.2) is 24.3 Å². The van der Waals surface area contributed by atoms with Crippen molar-refractivity contribution in [3.8, 4) is 0 Å². The van der Waals surface area contributed by atoms with Crippen LogP contribution in [0.3, 0.4) is 0 Å². The predicted octanol–water partition coefficient (Wildman–Crippen LogP) is 5.43. The molecule has 0 saturated carbocycles. The van der Waals surface area contributed by atoms with Crippen molar-refractivity contribution in [2.24, 2.45) is 0 Å². The zero-order valence-corrected chi connectivity index (χ0v) is 15.4. The van der Waals surface area contributed by atoms with Crippen LogP contribution in [0.25, 0.3) is 0 Å². The van der Waals surface area contributed by atoms with E-state index >= 15 is 0 Å². The molecule has 0 saturated heterocycles. The first-order valence-corrected chi connectivity index (χ1v) is 11.1. The highest BCUT2D eigenvalue weighted by molar-refractivity contribution is 7.83. The molecule has 1 N–H and O–H groups in total. The van der Waals surface area contributed by atoms with Gasteiger partial charge < -0.3 is 5.11 Å². The number of unbranched alkanes of at least 4 members (excludes halogenated alkanes) is 3. The lowest BCUT2D eigenvalue weighted by molar-refractivity contribution is 0.0698. The van der Waals surface area contributed by atoms with Crippen LogP contribution in [0.4, 0.5) is 0 Å². The lowest BCUT2D eigenvalue weighted by atomic mass is 10.2.